The quantitative estimate of drug-likeness (QED) is 0.123. The third-order valence-electron chi connectivity index (χ3n) is 10.2. The van der Waals surface area contributed by atoms with Crippen molar-refractivity contribution < 1.29 is 0 Å². The van der Waals surface area contributed by atoms with E-state index in [-0.39, 0.29) is 0 Å². The summed E-state index contributed by atoms with van der Waals surface area (Å²) in [4.78, 5) is 10.1. The normalized spacial score (nSPS) is 11.9. The average Bonchev–Trinajstić information content (AvgIpc) is 3.84. The van der Waals surface area contributed by atoms with E-state index >= 15 is 0 Å². The largest absolute Gasteiger partial charge is 0.308 e. The molecule has 5 heteroatoms. The van der Waals surface area contributed by atoms with Gasteiger partial charge in [-0.2, -0.15) is 0 Å². The Morgan fingerprint density at radius 2 is 1.02 bits per heavy atom. The van der Waals surface area contributed by atoms with Gasteiger partial charge in [0.05, 0.1) is 27.8 Å². The van der Waals surface area contributed by atoms with Crippen molar-refractivity contribution in [3.8, 4) is 33.6 Å². The lowest BCUT2D eigenvalue weighted by Gasteiger charge is -2.15. The summed E-state index contributed by atoms with van der Waals surface area (Å²) in [5.41, 5.74) is 12.5. The van der Waals surface area contributed by atoms with Gasteiger partial charge in [0.1, 0.15) is 6.34 Å². The van der Waals surface area contributed by atoms with E-state index in [9.17, 15) is 0 Å². The van der Waals surface area contributed by atoms with Gasteiger partial charge in [0.15, 0.2) is 0 Å². The average molecular weight is 685 g/mol. The lowest BCUT2D eigenvalue weighted by Crippen LogP contribution is -1.97. The van der Waals surface area contributed by atoms with Crippen molar-refractivity contribution in [3.63, 3.8) is 0 Å². The van der Waals surface area contributed by atoms with Crippen LogP contribution in [0.1, 0.15) is 4.88 Å². The first-order chi connectivity index (χ1) is 25.7. The summed E-state index contributed by atoms with van der Waals surface area (Å²) in [6.45, 7) is 5.88. The van der Waals surface area contributed by atoms with Crippen molar-refractivity contribution >= 4 is 83.8 Å². The number of para-hydroxylation sites is 3. The van der Waals surface area contributed by atoms with E-state index in [2.05, 4.69) is 185 Å². The molecule has 0 bridgehead atoms. The Hall–Kier alpha value is -6.56. The lowest BCUT2D eigenvalue weighted by molar-refractivity contribution is 1.18. The second-order valence-corrected chi connectivity index (χ2v) is 14.4. The molecule has 0 spiro atoms. The number of fused-ring (bicyclic) bond motifs is 10. The zero-order valence-electron chi connectivity index (χ0n) is 28.5. The Kier molecular flexibility index (Phi) is 7.01. The molecule has 0 saturated heterocycles. The van der Waals surface area contributed by atoms with Gasteiger partial charge in [0.2, 0.25) is 0 Å². The molecule has 0 fully saturated rings. The van der Waals surface area contributed by atoms with E-state index in [1.165, 1.54) is 54.0 Å². The second kappa shape index (κ2) is 12.0. The van der Waals surface area contributed by atoms with Crippen molar-refractivity contribution in [1.82, 2.24) is 9.13 Å². The second-order valence-electron chi connectivity index (χ2n) is 13.1. The number of benzene rings is 7. The van der Waals surface area contributed by atoms with E-state index in [0.29, 0.717) is 0 Å². The third kappa shape index (κ3) is 4.53. The van der Waals surface area contributed by atoms with Crippen LogP contribution in [-0.2, 0) is 0 Å². The molecule has 0 unspecified atom stereocenters. The standard InChI is InChI=1S/C47H32N4S/c1-30-44(49-29-48-2)43-46-41(37-22-12-14-24-39(37)50(46)35-20-10-5-11-21-35)45-42(47(43)52-30)38-23-13-15-25-40(38)51(45)36-27-33(31-16-6-3-7-17-31)26-34(28-36)32-18-8-4-9-19-32/h3-29H,2H2,1H3/b49-29-. The fourth-order valence-corrected chi connectivity index (χ4v) is 9.22. The van der Waals surface area contributed by atoms with Crippen LogP contribution in [0.3, 0.4) is 0 Å². The number of thiophene rings is 1. The van der Waals surface area contributed by atoms with Crippen molar-refractivity contribution in [1.29, 1.82) is 0 Å². The number of rotatable bonds is 6. The zero-order valence-corrected chi connectivity index (χ0v) is 29.3. The van der Waals surface area contributed by atoms with Crippen LogP contribution in [0, 0.1) is 6.92 Å². The van der Waals surface area contributed by atoms with E-state index < -0.39 is 0 Å². The summed E-state index contributed by atoms with van der Waals surface area (Å²) >= 11 is 1.81. The summed E-state index contributed by atoms with van der Waals surface area (Å²) in [5.74, 6) is 0. The molecule has 0 radical (unpaired) electrons. The molecule has 52 heavy (non-hydrogen) atoms. The molecule has 3 heterocycles. The van der Waals surface area contributed by atoms with E-state index in [1.807, 2.05) is 11.3 Å². The Morgan fingerprint density at radius 3 is 1.62 bits per heavy atom. The van der Waals surface area contributed by atoms with Gasteiger partial charge < -0.3 is 9.13 Å². The van der Waals surface area contributed by atoms with Gasteiger partial charge in [-0.05, 0) is 78.4 Å². The molecule has 0 amide bonds. The summed E-state index contributed by atoms with van der Waals surface area (Å²) < 4.78 is 6.15. The minimum atomic E-state index is 0.938. The van der Waals surface area contributed by atoms with Gasteiger partial charge >= 0.3 is 0 Å². The van der Waals surface area contributed by atoms with Crippen LogP contribution in [0.5, 0.6) is 0 Å². The van der Waals surface area contributed by atoms with Crippen LogP contribution in [0.25, 0.3) is 87.3 Å². The summed E-state index contributed by atoms with van der Waals surface area (Å²) in [5, 5.41) is 5.98. The molecule has 246 valence electrons. The summed E-state index contributed by atoms with van der Waals surface area (Å²) in [6.07, 6.45) is 1.57. The topological polar surface area (TPSA) is 34.6 Å². The first-order valence-corrected chi connectivity index (χ1v) is 18.2. The van der Waals surface area contributed by atoms with Gasteiger partial charge in [-0.15, -0.1) is 11.3 Å². The van der Waals surface area contributed by atoms with Crippen molar-refractivity contribution in [3.05, 3.63) is 163 Å². The maximum absolute atomic E-state index is 4.95. The molecular formula is C47H32N4S. The summed E-state index contributed by atoms with van der Waals surface area (Å²) in [7, 11) is 0. The van der Waals surface area contributed by atoms with Gasteiger partial charge in [-0.3, -0.25) is 4.99 Å². The molecule has 0 atom stereocenters. The predicted molar refractivity (Wildman–Crippen MR) is 224 cm³/mol. The number of aromatic nitrogens is 2. The molecule has 0 aliphatic rings. The maximum Gasteiger partial charge on any atom is 0.115 e. The smallest absolute Gasteiger partial charge is 0.115 e. The van der Waals surface area contributed by atoms with Crippen molar-refractivity contribution in [2.45, 2.75) is 6.92 Å². The highest BCUT2D eigenvalue weighted by Crippen LogP contribution is 2.52. The molecular weight excluding hydrogens is 653 g/mol. The molecule has 4 nitrogen and oxygen atoms in total. The van der Waals surface area contributed by atoms with Crippen LogP contribution in [-0.4, -0.2) is 22.2 Å². The minimum absolute atomic E-state index is 0.938. The molecule has 3 aromatic heterocycles. The van der Waals surface area contributed by atoms with Gasteiger partial charge in [0.25, 0.3) is 0 Å². The zero-order chi connectivity index (χ0) is 34.8. The first kappa shape index (κ1) is 30.3. The first-order valence-electron chi connectivity index (χ1n) is 17.4. The molecule has 0 aliphatic carbocycles. The van der Waals surface area contributed by atoms with E-state index in [0.717, 1.165) is 43.9 Å². The maximum atomic E-state index is 4.95. The highest BCUT2D eigenvalue weighted by Gasteiger charge is 2.28. The van der Waals surface area contributed by atoms with Crippen molar-refractivity contribution in [2.24, 2.45) is 9.98 Å². The number of nitrogens with zero attached hydrogens (tertiary/aromatic N) is 4. The van der Waals surface area contributed by atoms with Gasteiger partial charge in [-0.1, -0.05) is 115 Å². The lowest BCUT2D eigenvalue weighted by atomic mass is 9.98. The Labute approximate surface area is 304 Å². The molecule has 7 aromatic carbocycles. The van der Waals surface area contributed by atoms with E-state index in [1.54, 1.807) is 6.34 Å². The van der Waals surface area contributed by atoms with Gasteiger partial charge in [-0.25, -0.2) is 4.99 Å². The summed E-state index contributed by atoms with van der Waals surface area (Å²) in [6, 6.07) is 56.8. The van der Waals surface area contributed by atoms with Crippen molar-refractivity contribution in [2.75, 3.05) is 0 Å². The fraction of sp³-hybridized carbons (Fsp3) is 0.0213. The monoisotopic (exact) mass is 684 g/mol. The highest BCUT2D eigenvalue weighted by molar-refractivity contribution is 7.21. The van der Waals surface area contributed by atoms with E-state index in [4.69, 9.17) is 4.99 Å². The molecule has 0 saturated carbocycles. The number of hydrogen-bond acceptors (Lipinski definition) is 2. The Morgan fingerprint density at radius 1 is 0.519 bits per heavy atom. The Balaban J connectivity index is 1.47. The van der Waals surface area contributed by atoms with Crippen LogP contribution in [0.2, 0.25) is 0 Å². The predicted octanol–water partition coefficient (Wildman–Crippen LogP) is 13.1. The molecule has 10 aromatic rings. The molecule has 0 aliphatic heterocycles. The molecule has 0 N–H and O–H groups in total. The number of hydrogen-bond donors (Lipinski definition) is 0. The number of aliphatic imine (C=N–C) groups is 2. The van der Waals surface area contributed by atoms with Crippen LogP contribution in [0.4, 0.5) is 5.69 Å². The highest BCUT2D eigenvalue weighted by atomic mass is 32.1. The SMILES string of the molecule is C=N/C=N\c1c(C)sc2c1c1c(c3ccccc3n1-c1ccccc1)c1c2c2ccccc2n1-c1cc(-c2ccccc2)cc(-c2ccccc2)c1. The third-order valence-corrected chi connectivity index (χ3v) is 11.3. The van der Waals surface area contributed by atoms with Crippen LogP contribution < -0.4 is 0 Å². The number of aryl methyl sites for hydroxylation is 1. The van der Waals surface area contributed by atoms with Crippen LogP contribution in [0.15, 0.2) is 168 Å². The van der Waals surface area contributed by atoms with Gasteiger partial charge in [0, 0.05) is 47.9 Å². The molecule has 10 rings (SSSR count). The minimum Gasteiger partial charge on any atom is -0.308 e. The van der Waals surface area contributed by atoms with Crippen LogP contribution >= 0.6 is 11.3 Å². The fourth-order valence-electron chi connectivity index (χ4n) is 8.06. The Bertz CT molecular complexity index is 2960.